The highest BCUT2D eigenvalue weighted by Gasteiger charge is 2.25. The molecule has 0 radical (unpaired) electrons. The molecule has 1 N–H and O–H groups in total. The van der Waals surface area contributed by atoms with Crippen LogP contribution in [0.5, 0.6) is 11.5 Å². The molecule has 8 heteroatoms. The normalized spacial score (nSPS) is 11.1. The maximum Gasteiger partial charge on any atom is 0.246 e. The van der Waals surface area contributed by atoms with Gasteiger partial charge in [0, 0.05) is 26.2 Å². The maximum absolute atomic E-state index is 12.4. The quantitative estimate of drug-likeness (QED) is 0.809. The number of benzene rings is 1. The van der Waals surface area contributed by atoms with Crippen molar-refractivity contribution in [1.29, 1.82) is 0 Å². The molecule has 0 aliphatic heterocycles. The Bertz CT molecular complexity index is 522. The van der Waals surface area contributed by atoms with Gasteiger partial charge in [0.25, 0.3) is 0 Å². The van der Waals surface area contributed by atoms with Crippen LogP contribution in [0.3, 0.4) is 0 Å². The summed E-state index contributed by atoms with van der Waals surface area (Å²) in [5, 5.41) is 2.91. The molecule has 0 aliphatic rings. The molecule has 1 aromatic carbocycles. The molecule has 0 bridgehead atoms. The number of nitrogens with zero attached hydrogens (tertiary/aromatic N) is 1. The fourth-order valence-corrected chi connectivity index (χ4v) is 2.88. The molecule has 6 nitrogen and oxygen atoms in total. The van der Waals surface area contributed by atoms with Crippen molar-refractivity contribution in [3.8, 4) is 11.5 Å². The lowest BCUT2D eigenvalue weighted by Gasteiger charge is -2.19. The largest absolute Gasteiger partial charge is 0.497 e. The molecule has 0 fully saturated rings. The average molecular weight is 325 g/mol. The number of halogens is 1. The van der Waals surface area contributed by atoms with E-state index in [1.807, 2.05) is 0 Å². The van der Waals surface area contributed by atoms with Crippen molar-refractivity contribution in [3.05, 3.63) is 18.2 Å². The van der Waals surface area contributed by atoms with Crippen LogP contribution in [-0.4, -0.2) is 54.1 Å². The van der Waals surface area contributed by atoms with Crippen LogP contribution in [-0.2, 0) is 10.0 Å². The lowest BCUT2D eigenvalue weighted by atomic mass is 10.3. The van der Waals surface area contributed by atoms with E-state index in [-0.39, 0.29) is 17.3 Å². The summed E-state index contributed by atoms with van der Waals surface area (Å²) in [6, 6.07) is 4.70. The Morgan fingerprint density at radius 3 is 2.40 bits per heavy atom. The van der Waals surface area contributed by atoms with Gasteiger partial charge in [0.15, 0.2) is 0 Å². The minimum Gasteiger partial charge on any atom is -0.497 e. The first-order valence-electron chi connectivity index (χ1n) is 5.80. The fraction of sp³-hybridized carbons (Fsp3) is 0.500. The number of rotatable bonds is 7. The van der Waals surface area contributed by atoms with Crippen molar-refractivity contribution in [1.82, 2.24) is 9.62 Å². The van der Waals surface area contributed by atoms with Gasteiger partial charge in [0.1, 0.15) is 16.4 Å². The molecule has 0 unspecified atom stereocenters. The summed E-state index contributed by atoms with van der Waals surface area (Å²) in [4.78, 5) is 0.105. The third-order valence-electron chi connectivity index (χ3n) is 2.74. The second kappa shape index (κ2) is 8.31. The monoisotopic (exact) mass is 324 g/mol. The molecule has 0 atom stereocenters. The predicted octanol–water partition coefficient (Wildman–Crippen LogP) is 0.966. The predicted molar refractivity (Wildman–Crippen MR) is 80.5 cm³/mol. The Hall–Kier alpha value is -1.02. The Morgan fingerprint density at radius 2 is 1.90 bits per heavy atom. The zero-order valence-corrected chi connectivity index (χ0v) is 13.7. The van der Waals surface area contributed by atoms with Crippen molar-refractivity contribution >= 4 is 22.4 Å². The van der Waals surface area contributed by atoms with Crippen LogP contribution in [0.2, 0.25) is 0 Å². The van der Waals surface area contributed by atoms with Crippen molar-refractivity contribution in [3.63, 3.8) is 0 Å². The molecule has 116 valence electrons. The van der Waals surface area contributed by atoms with E-state index in [1.54, 1.807) is 19.2 Å². The molecule has 1 rings (SSSR count). The van der Waals surface area contributed by atoms with Gasteiger partial charge < -0.3 is 14.8 Å². The van der Waals surface area contributed by atoms with Gasteiger partial charge in [-0.15, -0.1) is 12.4 Å². The highest BCUT2D eigenvalue weighted by Crippen LogP contribution is 2.29. The summed E-state index contributed by atoms with van der Waals surface area (Å²) in [7, 11) is 2.63. The molecule has 0 spiro atoms. The first-order chi connectivity index (χ1) is 8.97. The van der Waals surface area contributed by atoms with E-state index in [9.17, 15) is 8.42 Å². The zero-order chi connectivity index (χ0) is 14.5. The minimum atomic E-state index is -3.60. The SMILES string of the molecule is CNCCN(C)S(=O)(=O)c1cc(OC)ccc1OC.Cl. The zero-order valence-electron chi connectivity index (χ0n) is 12.0. The number of likely N-dealkylation sites (N-methyl/N-ethyl adjacent to an activating group) is 2. The van der Waals surface area contributed by atoms with Crippen LogP contribution in [0.15, 0.2) is 23.1 Å². The molecular formula is C12H21ClN2O4S. The molecule has 0 saturated heterocycles. The van der Waals surface area contributed by atoms with E-state index in [4.69, 9.17) is 9.47 Å². The molecule has 1 aromatic rings. The van der Waals surface area contributed by atoms with Gasteiger partial charge in [-0.3, -0.25) is 0 Å². The van der Waals surface area contributed by atoms with Gasteiger partial charge >= 0.3 is 0 Å². The van der Waals surface area contributed by atoms with Gasteiger partial charge in [-0.1, -0.05) is 0 Å². The summed E-state index contributed by atoms with van der Waals surface area (Å²) < 4.78 is 36.3. The molecule has 0 saturated carbocycles. The fourth-order valence-electron chi connectivity index (χ4n) is 1.54. The van der Waals surface area contributed by atoms with Crippen molar-refractivity contribution in [2.45, 2.75) is 4.90 Å². The van der Waals surface area contributed by atoms with Crippen LogP contribution >= 0.6 is 12.4 Å². The lowest BCUT2D eigenvalue weighted by molar-refractivity contribution is 0.388. The van der Waals surface area contributed by atoms with Gasteiger partial charge in [0.2, 0.25) is 10.0 Å². The van der Waals surface area contributed by atoms with Crippen molar-refractivity contribution < 1.29 is 17.9 Å². The Morgan fingerprint density at radius 1 is 1.25 bits per heavy atom. The topological polar surface area (TPSA) is 67.9 Å². The van der Waals surface area contributed by atoms with Crippen molar-refractivity contribution in [2.75, 3.05) is 41.4 Å². The summed E-state index contributed by atoms with van der Waals surface area (Å²) in [5.74, 6) is 0.776. The smallest absolute Gasteiger partial charge is 0.246 e. The van der Waals surface area contributed by atoms with Gasteiger partial charge in [-0.2, -0.15) is 4.31 Å². The summed E-state index contributed by atoms with van der Waals surface area (Å²) in [5.41, 5.74) is 0. The molecule has 0 aromatic heterocycles. The Kier molecular flexibility index (Phi) is 7.88. The summed E-state index contributed by atoms with van der Waals surface area (Å²) in [6.07, 6.45) is 0. The standard InChI is InChI=1S/C12H20N2O4S.ClH/c1-13-7-8-14(2)19(15,16)12-9-10(17-3)5-6-11(12)18-4;/h5-6,9,13H,7-8H2,1-4H3;1H. The van der Waals surface area contributed by atoms with E-state index >= 15 is 0 Å². The second-order valence-electron chi connectivity index (χ2n) is 3.95. The van der Waals surface area contributed by atoms with Crippen LogP contribution in [0.25, 0.3) is 0 Å². The Balaban J connectivity index is 0.00000361. The van der Waals surface area contributed by atoms with Gasteiger partial charge in [-0.05, 0) is 19.2 Å². The van der Waals surface area contributed by atoms with Crippen LogP contribution in [0, 0.1) is 0 Å². The van der Waals surface area contributed by atoms with Crippen LogP contribution in [0.1, 0.15) is 0 Å². The van der Waals surface area contributed by atoms with E-state index in [0.717, 1.165) is 0 Å². The second-order valence-corrected chi connectivity index (χ2v) is 5.96. The Labute approximate surface area is 126 Å². The number of methoxy groups -OCH3 is 2. The highest BCUT2D eigenvalue weighted by atomic mass is 35.5. The number of nitrogens with one attached hydrogen (secondary N) is 1. The first kappa shape index (κ1) is 19.0. The molecule has 0 aliphatic carbocycles. The number of hydrogen-bond donors (Lipinski definition) is 1. The van der Waals surface area contributed by atoms with E-state index < -0.39 is 10.0 Å². The van der Waals surface area contributed by atoms with E-state index in [1.165, 1.54) is 31.6 Å². The number of sulfonamides is 1. The summed E-state index contributed by atoms with van der Waals surface area (Å²) in [6.45, 7) is 0.946. The van der Waals surface area contributed by atoms with E-state index in [2.05, 4.69) is 5.32 Å². The maximum atomic E-state index is 12.4. The van der Waals surface area contributed by atoms with Gasteiger partial charge in [0.05, 0.1) is 14.2 Å². The minimum absolute atomic E-state index is 0. The molecule has 20 heavy (non-hydrogen) atoms. The molecule has 0 amide bonds. The summed E-state index contributed by atoms with van der Waals surface area (Å²) >= 11 is 0. The number of ether oxygens (including phenoxy) is 2. The van der Waals surface area contributed by atoms with Crippen LogP contribution in [0.4, 0.5) is 0 Å². The van der Waals surface area contributed by atoms with Gasteiger partial charge in [-0.25, -0.2) is 8.42 Å². The van der Waals surface area contributed by atoms with Crippen LogP contribution < -0.4 is 14.8 Å². The lowest BCUT2D eigenvalue weighted by Crippen LogP contribution is -2.33. The number of hydrogen-bond acceptors (Lipinski definition) is 5. The van der Waals surface area contributed by atoms with E-state index in [0.29, 0.717) is 24.6 Å². The highest BCUT2D eigenvalue weighted by molar-refractivity contribution is 7.89. The average Bonchev–Trinajstić information content (AvgIpc) is 2.43. The van der Waals surface area contributed by atoms with Crippen molar-refractivity contribution in [2.24, 2.45) is 0 Å². The molecular weight excluding hydrogens is 304 g/mol. The molecule has 0 heterocycles. The third kappa shape index (κ3) is 4.24. The first-order valence-corrected chi connectivity index (χ1v) is 7.24. The third-order valence-corrected chi connectivity index (χ3v) is 4.61.